The van der Waals surface area contributed by atoms with Gasteiger partial charge in [-0.25, -0.2) is 0 Å². The molecule has 0 unspecified atom stereocenters. The standard InChI is InChI=1S/C15H17NO3/c1-11-3-2-4-12(7-11)5-6-14(17)16-9-13(10-16)8-15(18)19/h2-7,13H,8-10H2,1H3,(H,18,19). The number of hydrogen-bond donors (Lipinski definition) is 1. The summed E-state index contributed by atoms with van der Waals surface area (Å²) < 4.78 is 0. The molecule has 4 nitrogen and oxygen atoms in total. The van der Waals surface area contributed by atoms with Crippen LogP contribution in [0.3, 0.4) is 0 Å². The number of carboxylic acid groups (broad SMARTS) is 1. The summed E-state index contributed by atoms with van der Waals surface area (Å²) in [6.07, 6.45) is 3.48. The van der Waals surface area contributed by atoms with E-state index < -0.39 is 5.97 Å². The van der Waals surface area contributed by atoms with Gasteiger partial charge in [-0.2, -0.15) is 0 Å². The molecule has 0 atom stereocenters. The molecule has 4 heteroatoms. The van der Waals surface area contributed by atoms with E-state index in [4.69, 9.17) is 5.11 Å². The van der Waals surface area contributed by atoms with Crippen molar-refractivity contribution in [3.05, 3.63) is 41.5 Å². The van der Waals surface area contributed by atoms with Crippen LogP contribution in [-0.4, -0.2) is 35.0 Å². The predicted molar refractivity (Wildman–Crippen MR) is 72.5 cm³/mol. The van der Waals surface area contributed by atoms with Gasteiger partial charge in [-0.3, -0.25) is 9.59 Å². The maximum Gasteiger partial charge on any atom is 0.303 e. The molecule has 1 fully saturated rings. The summed E-state index contributed by atoms with van der Waals surface area (Å²) in [5, 5.41) is 8.63. The number of nitrogens with zero attached hydrogens (tertiary/aromatic N) is 1. The molecule has 1 N–H and O–H groups in total. The van der Waals surface area contributed by atoms with Gasteiger partial charge in [0.2, 0.25) is 5.91 Å². The minimum absolute atomic E-state index is 0.0526. The minimum atomic E-state index is -0.799. The molecule has 0 spiro atoms. The maximum atomic E-state index is 11.8. The van der Waals surface area contributed by atoms with E-state index >= 15 is 0 Å². The molecule has 0 radical (unpaired) electrons. The van der Waals surface area contributed by atoms with Crippen molar-refractivity contribution in [2.24, 2.45) is 5.92 Å². The zero-order valence-electron chi connectivity index (χ0n) is 10.9. The summed E-state index contributed by atoms with van der Waals surface area (Å²) in [6, 6.07) is 7.91. The number of hydrogen-bond acceptors (Lipinski definition) is 2. The normalized spacial score (nSPS) is 15.5. The smallest absolute Gasteiger partial charge is 0.303 e. The second kappa shape index (κ2) is 5.69. The fourth-order valence-electron chi connectivity index (χ4n) is 2.17. The Hall–Kier alpha value is -2.10. The van der Waals surface area contributed by atoms with Gasteiger partial charge in [0, 0.05) is 25.1 Å². The topological polar surface area (TPSA) is 57.6 Å². The van der Waals surface area contributed by atoms with Crippen LogP contribution in [0.1, 0.15) is 17.5 Å². The molecule has 0 aromatic heterocycles. The molecule has 2 rings (SSSR count). The number of carbonyl (C=O) groups is 2. The molecule has 1 amide bonds. The van der Waals surface area contributed by atoms with Gasteiger partial charge in [-0.05, 0) is 18.6 Å². The van der Waals surface area contributed by atoms with Crippen LogP contribution < -0.4 is 0 Å². The van der Waals surface area contributed by atoms with E-state index in [0.717, 1.165) is 11.1 Å². The SMILES string of the molecule is Cc1cccc(C=CC(=O)N2CC(CC(=O)O)C2)c1. The largest absolute Gasteiger partial charge is 0.481 e. The Morgan fingerprint density at radius 3 is 2.79 bits per heavy atom. The number of aryl methyl sites for hydroxylation is 1. The van der Waals surface area contributed by atoms with Gasteiger partial charge in [0.25, 0.3) is 0 Å². The van der Waals surface area contributed by atoms with Crippen molar-refractivity contribution >= 4 is 18.0 Å². The molecule has 1 heterocycles. The van der Waals surface area contributed by atoms with E-state index in [1.165, 1.54) is 0 Å². The Kier molecular flexibility index (Phi) is 4.00. The van der Waals surface area contributed by atoms with Crippen LogP contribution in [0, 0.1) is 12.8 Å². The van der Waals surface area contributed by atoms with Crippen molar-refractivity contribution < 1.29 is 14.7 Å². The summed E-state index contributed by atoms with van der Waals surface area (Å²) in [6.45, 7) is 3.09. The van der Waals surface area contributed by atoms with E-state index in [9.17, 15) is 9.59 Å². The molecule has 0 saturated carbocycles. The van der Waals surface area contributed by atoms with E-state index in [1.807, 2.05) is 31.2 Å². The van der Waals surface area contributed by atoms with Gasteiger partial charge >= 0.3 is 5.97 Å². The van der Waals surface area contributed by atoms with Crippen LogP contribution in [-0.2, 0) is 9.59 Å². The Morgan fingerprint density at radius 2 is 2.16 bits per heavy atom. The highest BCUT2D eigenvalue weighted by Gasteiger charge is 2.30. The quantitative estimate of drug-likeness (QED) is 0.841. The van der Waals surface area contributed by atoms with Gasteiger partial charge in [0.15, 0.2) is 0 Å². The summed E-state index contributed by atoms with van der Waals surface area (Å²) in [5.41, 5.74) is 2.15. The molecule has 1 aliphatic heterocycles. The molecular weight excluding hydrogens is 242 g/mol. The van der Waals surface area contributed by atoms with E-state index in [2.05, 4.69) is 0 Å². The summed E-state index contributed by atoms with van der Waals surface area (Å²) in [7, 11) is 0. The van der Waals surface area contributed by atoms with Crippen LogP contribution in [0.4, 0.5) is 0 Å². The van der Waals surface area contributed by atoms with Crippen molar-refractivity contribution in [1.82, 2.24) is 4.90 Å². The molecule has 19 heavy (non-hydrogen) atoms. The lowest BCUT2D eigenvalue weighted by molar-refractivity contribution is -0.143. The first kappa shape index (κ1) is 13.3. The molecule has 100 valence electrons. The van der Waals surface area contributed by atoms with Crippen molar-refractivity contribution in [3.63, 3.8) is 0 Å². The molecule has 0 bridgehead atoms. The van der Waals surface area contributed by atoms with Crippen molar-refractivity contribution in [2.45, 2.75) is 13.3 Å². The molecule has 1 aromatic rings. The Balaban J connectivity index is 1.84. The van der Waals surface area contributed by atoms with Gasteiger partial charge in [0.1, 0.15) is 0 Å². The first-order chi connectivity index (χ1) is 9.04. The number of carbonyl (C=O) groups excluding carboxylic acids is 1. The fraction of sp³-hybridized carbons (Fsp3) is 0.333. The minimum Gasteiger partial charge on any atom is -0.481 e. The lowest BCUT2D eigenvalue weighted by atomic mass is 9.96. The molecular formula is C15H17NO3. The number of carboxylic acids is 1. The number of rotatable bonds is 4. The van der Waals surface area contributed by atoms with Crippen LogP contribution in [0.2, 0.25) is 0 Å². The van der Waals surface area contributed by atoms with Gasteiger partial charge < -0.3 is 10.0 Å². The highest BCUT2D eigenvalue weighted by molar-refractivity contribution is 5.92. The first-order valence-corrected chi connectivity index (χ1v) is 6.30. The Morgan fingerprint density at radius 1 is 1.42 bits per heavy atom. The highest BCUT2D eigenvalue weighted by atomic mass is 16.4. The highest BCUT2D eigenvalue weighted by Crippen LogP contribution is 2.19. The Bertz CT molecular complexity index is 516. The summed E-state index contributed by atoms with van der Waals surface area (Å²) in [4.78, 5) is 24.0. The van der Waals surface area contributed by atoms with Crippen molar-refractivity contribution in [3.8, 4) is 0 Å². The number of aliphatic carboxylic acids is 1. The lowest BCUT2D eigenvalue weighted by Crippen LogP contribution is -2.49. The summed E-state index contributed by atoms with van der Waals surface area (Å²) >= 11 is 0. The van der Waals surface area contributed by atoms with Crippen LogP contribution in [0.25, 0.3) is 6.08 Å². The second-order valence-corrected chi connectivity index (χ2v) is 4.95. The third-order valence-electron chi connectivity index (χ3n) is 3.19. The van der Waals surface area contributed by atoms with Crippen LogP contribution >= 0.6 is 0 Å². The first-order valence-electron chi connectivity index (χ1n) is 6.30. The molecule has 0 aliphatic carbocycles. The average molecular weight is 259 g/mol. The summed E-state index contributed by atoms with van der Waals surface area (Å²) in [5.74, 6) is -0.746. The third-order valence-corrected chi connectivity index (χ3v) is 3.19. The molecule has 1 aromatic carbocycles. The van der Waals surface area contributed by atoms with Crippen LogP contribution in [0.15, 0.2) is 30.3 Å². The van der Waals surface area contributed by atoms with Gasteiger partial charge in [0.05, 0.1) is 6.42 Å². The van der Waals surface area contributed by atoms with Crippen LogP contribution in [0.5, 0.6) is 0 Å². The van der Waals surface area contributed by atoms with E-state index in [-0.39, 0.29) is 18.2 Å². The molecule has 1 saturated heterocycles. The number of benzene rings is 1. The van der Waals surface area contributed by atoms with Gasteiger partial charge in [-0.1, -0.05) is 29.8 Å². The second-order valence-electron chi connectivity index (χ2n) is 4.95. The third kappa shape index (κ3) is 3.68. The van der Waals surface area contributed by atoms with Gasteiger partial charge in [-0.15, -0.1) is 0 Å². The lowest BCUT2D eigenvalue weighted by Gasteiger charge is -2.37. The number of likely N-dealkylation sites (tertiary alicyclic amines) is 1. The monoisotopic (exact) mass is 259 g/mol. The Labute approximate surface area is 112 Å². The van der Waals surface area contributed by atoms with E-state index in [1.54, 1.807) is 17.1 Å². The zero-order valence-corrected chi connectivity index (χ0v) is 10.9. The predicted octanol–water partition coefficient (Wildman–Crippen LogP) is 1.94. The van der Waals surface area contributed by atoms with Crippen molar-refractivity contribution in [2.75, 3.05) is 13.1 Å². The molecule has 1 aliphatic rings. The number of amides is 1. The zero-order chi connectivity index (χ0) is 13.8. The van der Waals surface area contributed by atoms with Crippen molar-refractivity contribution in [1.29, 1.82) is 0 Å². The fourth-order valence-corrected chi connectivity index (χ4v) is 2.17. The van der Waals surface area contributed by atoms with E-state index in [0.29, 0.717) is 13.1 Å². The average Bonchev–Trinajstić information content (AvgIpc) is 2.30. The maximum absolute atomic E-state index is 11.8.